The summed E-state index contributed by atoms with van der Waals surface area (Å²) in [7, 11) is 0. The van der Waals surface area contributed by atoms with Gasteiger partial charge < -0.3 is 16.2 Å². The van der Waals surface area contributed by atoms with E-state index in [1.807, 2.05) is 4.90 Å². The van der Waals surface area contributed by atoms with Crippen molar-refractivity contribution in [2.45, 2.75) is 44.4 Å². The van der Waals surface area contributed by atoms with Crippen molar-refractivity contribution >= 4 is 49.5 Å². The number of anilines is 1. The van der Waals surface area contributed by atoms with Crippen LogP contribution in [0.1, 0.15) is 32.1 Å². The molecule has 1 fully saturated rings. The summed E-state index contributed by atoms with van der Waals surface area (Å²) in [5, 5.41) is 0. The number of alkyl halides is 2. The smallest absolute Gasteiger partial charge is 0.387 e. The summed E-state index contributed by atoms with van der Waals surface area (Å²) >= 11 is 6.86. The van der Waals surface area contributed by atoms with Crippen molar-refractivity contribution in [2.75, 3.05) is 4.90 Å². The third-order valence-electron chi connectivity index (χ3n) is 4.29. The molecule has 4 N–H and O–H groups in total. The van der Waals surface area contributed by atoms with Crippen molar-refractivity contribution in [2.24, 2.45) is 21.5 Å². The molecule has 136 valence electrons. The van der Waals surface area contributed by atoms with Gasteiger partial charge in [-0.15, -0.1) is 0 Å². The molecule has 1 spiro atoms. The lowest BCUT2D eigenvalue weighted by Crippen LogP contribution is -2.58. The molecule has 3 rings (SSSR count). The number of benzene rings is 1. The summed E-state index contributed by atoms with van der Waals surface area (Å²) in [6, 6.07) is 2.94. The van der Waals surface area contributed by atoms with Gasteiger partial charge in [0.05, 0.1) is 5.69 Å². The molecule has 0 bridgehead atoms. The van der Waals surface area contributed by atoms with Gasteiger partial charge in [-0.1, -0.05) is 6.42 Å². The van der Waals surface area contributed by atoms with Crippen LogP contribution >= 0.6 is 31.9 Å². The lowest BCUT2D eigenvalue weighted by Gasteiger charge is -2.46. The topological polar surface area (TPSA) is 89.2 Å². The Bertz CT molecular complexity index is 712. The Balaban J connectivity index is 2.08. The summed E-state index contributed by atoms with van der Waals surface area (Å²) in [5.74, 6) is 0.407. The summed E-state index contributed by atoms with van der Waals surface area (Å²) in [4.78, 5) is 10.5. The minimum absolute atomic E-state index is 0.0331. The summed E-state index contributed by atoms with van der Waals surface area (Å²) < 4.78 is 30.5. The lowest BCUT2D eigenvalue weighted by molar-refractivity contribution is -0.0499. The van der Waals surface area contributed by atoms with Gasteiger partial charge in [0.25, 0.3) is 0 Å². The first kappa shape index (κ1) is 18.4. The quantitative estimate of drug-likeness (QED) is 0.686. The van der Waals surface area contributed by atoms with Crippen LogP contribution in [-0.4, -0.2) is 24.2 Å². The molecule has 1 saturated carbocycles. The molecule has 1 aromatic carbocycles. The standard InChI is InChI=1S/C15H17Br2F2N5O/c16-9-6-8(25-12(18)19)7-10(17)11(9)24-14(21)22-13(20)23-15(24)4-2-1-3-5-15/h6-7,12H,1-5H2,(H4,20,21,22,23). The van der Waals surface area contributed by atoms with Gasteiger partial charge in [0.1, 0.15) is 11.4 Å². The van der Waals surface area contributed by atoms with Crippen LogP contribution < -0.4 is 21.1 Å². The van der Waals surface area contributed by atoms with Crippen LogP contribution in [0, 0.1) is 0 Å². The van der Waals surface area contributed by atoms with Crippen LogP contribution in [-0.2, 0) is 0 Å². The Morgan fingerprint density at radius 2 is 1.72 bits per heavy atom. The molecule has 1 heterocycles. The molecule has 1 aromatic rings. The van der Waals surface area contributed by atoms with E-state index in [0.717, 1.165) is 32.1 Å². The van der Waals surface area contributed by atoms with Gasteiger partial charge >= 0.3 is 6.61 Å². The monoisotopic (exact) mass is 479 g/mol. The molecule has 0 amide bonds. The number of nitrogens with two attached hydrogens (primary N) is 2. The molecule has 0 atom stereocenters. The SMILES string of the molecule is NC1=NC2(CCCCC2)N(c2c(Br)cc(OC(F)F)cc2Br)C(N)=N1. The van der Waals surface area contributed by atoms with E-state index in [4.69, 9.17) is 11.5 Å². The molecule has 1 aliphatic heterocycles. The highest BCUT2D eigenvalue weighted by Crippen LogP contribution is 2.46. The predicted octanol–water partition coefficient (Wildman–Crippen LogP) is 3.92. The minimum atomic E-state index is -2.90. The average Bonchev–Trinajstić information content (AvgIpc) is 2.49. The van der Waals surface area contributed by atoms with E-state index in [1.54, 1.807) is 0 Å². The molecule has 0 saturated heterocycles. The molecule has 6 nitrogen and oxygen atoms in total. The van der Waals surface area contributed by atoms with E-state index < -0.39 is 12.3 Å². The number of hydrogen-bond donors (Lipinski definition) is 2. The summed E-state index contributed by atoms with van der Waals surface area (Å²) in [6.07, 6.45) is 4.65. The van der Waals surface area contributed by atoms with E-state index >= 15 is 0 Å². The van der Waals surface area contributed by atoms with E-state index in [9.17, 15) is 8.78 Å². The van der Waals surface area contributed by atoms with Crippen molar-refractivity contribution < 1.29 is 13.5 Å². The number of nitrogens with zero attached hydrogens (tertiary/aromatic N) is 3. The van der Waals surface area contributed by atoms with E-state index in [-0.39, 0.29) is 17.7 Å². The van der Waals surface area contributed by atoms with E-state index in [1.165, 1.54) is 12.1 Å². The number of guanidine groups is 2. The van der Waals surface area contributed by atoms with Crippen LogP contribution in [0.15, 0.2) is 31.1 Å². The van der Waals surface area contributed by atoms with Crippen molar-refractivity contribution in [3.05, 3.63) is 21.1 Å². The van der Waals surface area contributed by atoms with Crippen LogP contribution in [0.4, 0.5) is 14.5 Å². The normalized spacial score (nSPS) is 19.8. The fourth-order valence-electron chi connectivity index (χ4n) is 3.37. The van der Waals surface area contributed by atoms with Crippen molar-refractivity contribution in [1.82, 2.24) is 0 Å². The second kappa shape index (κ2) is 7.06. The highest BCUT2D eigenvalue weighted by molar-refractivity contribution is 9.11. The number of halogens is 4. The highest BCUT2D eigenvalue weighted by Gasteiger charge is 2.44. The molecule has 2 aliphatic rings. The number of hydrogen-bond acceptors (Lipinski definition) is 6. The number of ether oxygens (including phenoxy) is 1. The molecule has 0 aromatic heterocycles. The van der Waals surface area contributed by atoms with Crippen molar-refractivity contribution in [3.8, 4) is 5.75 Å². The first-order valence-electron chi connectivity index (χ1n) is 7.76. The van der Waals surface area contributed by atoms with E-state index in [0.29, 0.717) is 14.6 Å². The first-order chi connectivity index (χ1) is 11.8. The molecule has 25 heavy (non-hydrogen) atoms. The zero-order chi connectivity index (χ0) is 18.2. The Kier molecular flexibility index (Phi) is 5.19. The number of aliphatic imine (C=N–C) groups is 2. The minimum Gasteiger partial charge on any atom is -0.435 e. The molecular weight excluding hydrogens is 464 g/mol. The maximum Gasteiger partial charge on any atom is 0.387 e. The van der Waals surface area contributed by atoms with E-state index in [2.05, 4.69) is 46.6 Å². The van der Waals surface area contributed by atoms with Gasteiger partial charge in [-0.3, -0.25) is 4.90 Å². The zero-order valence-corrected chi connectivity index (χ0v) is 16.4. The maximum atomic E-state index is 12.5. The third-order valence-corrected chi connectivity index (χ3v) is 5.50. The Morgan fingerprint density at radius 1 is 1.12 bits per heavy atom. The maximum absolute atomic E-state index is 12.5. The molecule has 0 unspecified atom stereocenters. The Hall–Kier alpha value is -1.42. The van der Waals surface area contributed by atoms with Gasteiger partial charge in [0, 0.05) is 8.95 Å². The van der Waals surface area contributed by atoms with Gasteiger partial charge in [-0.25, -0.2) is 4.99 Å². The molecule has 0 radical (unpaired) electrons. The Morgan fingerprint density at radius 3 is 2.28 bits per heavy atom. The largest absolute Gasteiger partial charge is 0.435 e. The highest BCUT2D eigenvalue weighted by atomic mass is 79.9. The fraction of sp³-hybridized carbons (Fsp3) is 0.467. The van der Waals surface area contributed by atoms with Gasteiger partial charge in [-0.05, 0) is 69.7 Å². The summed E-state index contributed by atoms with van der Waals surface area (Å²) in [5.41, 5.74) is 12.1. The van der Waals surface area contributed by atoms with Gasteiger partial charge in [0.2, 0.25) is 11.9 Å². The molecule has 1 aliphatic carbocycles. The van der Waals surface area contributed by atoms with Crippen LogP contribution in [0.2, 0.25) is 0 Å². The third kappa shape index (κ3) is 3.59. The van der Waals surface area contributed by atoms with Gasteiger partial charge in [-0.2, -0.15) is 13.8 Å². The zero-order valence-electron chi connectivity index (χ0n) is 13.2. The molecular formula is C15H17Br2F2N5O. The fourth-order valence-corrected chi connectivity index (χ4v) is 4.87. The number of rotatable bonds is 3. The van der Waals surface area contributed by atoms with Crippen molar-refractivity contribution in [3.63, 3.8) is 0 Å². The van der Waals surface area contributed by atoms with Crippen LogP contribution in [0.3, 0.4) is 0 Å². The average molecular weight is 481 g/mol. The first-order valence-corrected chi connectivity index (χ1v) is 9.34. The Labute approximate surface area is 160 Å². The van der Waals surface area contributed by atoms with Crippen LogP contribution in [0.25, 0.3) is 0 Å². The van der Waals surface area contributed by atoms with Crippen LogP contribution in [0.5, 0.6) is 5.75 Å². The lowest BCUT2D eigenvalue weighted by atomic mass is 9.87. The second-order valence-corrected chi connectivity index (χ2v) is 7.64. The van der Waals surface area contributed by atoms with Crippen molar-refractivity contribution in [1.29, 1.82) is 0 Å². The van der Waals surface area contributed by atoms with Gasteiger partial charge in [0.15, 0.2) is 0 Å². The summed E-state index contributed by atoms with van der Waals surface area (Å²) in [6.45, 7) is -2.90. The molecule has 10 heteroatoms. The second-order valence-electron chi connectivity index (χ2n) is 5.93. The predicted molar refractivity (Wildman–Crippen MR) is 100 cm³/mol.